The van der Waals surface area contributed by atoms with E-state index in [4.69, 9.17) is 22.3 Å². The second-order valence-electron chi connectivity index (χ2n) is 17.6. The van der Waals surface area contributed by atoms with Gasteiger partial charge in [0, 0.05) is 112 Å². The number of aliphatic imine (C=N–C) groups is 2. The van der Waals surface area contributed by atoms with E-state index in [1.807, 2.05) is 9.80 Å². The van der Waals surface area contributed by atoms with Crippen molar-refractivity contribution in [3.05, 3.63) is 141 Å². The van der Waals surface area contributed by atoms with Crippen molar-refractivity contribution < 1.29 is 27.5 Å². The van der Waals surface area contributed by atoms with Gasteiger partial charge in [0.05, 0.1) is 22.4 Å². The minimum atomic E-state index is -1.47. The van der Waals surface area contributed by atoms with Crippen LogP contribution < -0.4 is 32.1 Å². The zero-order valence-corrected chi connectivity index (χ0v) is 38.9. The summed E-state index contributed by atoms with van der Waals surface area (Å²) >= 11 is 0. The number of amidine groups is 1. The third kappa shape index (κ3) is 11.4. The van der Waals surface area contributed by atoms with Crippen molar-refractivity contribution in [3.8, 4) is 11.4 Å². The van der Waals surface area contributed by atoms with Crippen LogP contribution in [0.25, 0.3) is 33.2 Å². The molecule has 16 nitrogen and oxygen atoms in total. The minimum Gasteiger partial charge on any atom is -0.477 e. The number of rotatable bonds is 15. The van der Waals surface area contributed by atoms with Crippen LogP contribution in [0.1, 0.15) is 55.3 Å². The smallest absolute Gasteiger partial charge is 0.341 e. The van der Waals surface area contributed by atoms with Crippen molar-refractivity contribution in [1.82, 2.24) is 18.9 Å². The summed E-state index contributed by atoms with van der Waals surface area (Å²) in [4.78, 5) is 53.6. The Morgan fingerprint density at radius 1 is 0.648 bits per heavy atom. The van der Waals surface area contributed by atoms with Crippen LogP contribution in [0.3, 0.4) is 0 Å². The molecular formula is C51H54F4N12O4. The fourth-order valence-corrected chi connectivity index (χ4v) is 9.07. The van der Waals surface area contributed by atoms with Crippen molar-refractivity contribution in [3.63, 3.8) is 0 Å². The van der Waals surface area contributed by atoms with E-state index < -0.39 is 34.4 Å². The number of carboxylic acid groups (broad SMARTS) is 1. The molecule has 20 heteroatoms. The number of pyridine rings is 2. The van der Waals surface area contributed by atoms with E-state index in [0.29, 0.717) is 99.4 Å². The predicted octanol–water partition coefficient (Wildman–Crippen LogP) is 6.85. The number of nitrogens with two attached hydrogens (primary N) is 2. The van der Waals surface area contributed by atoms with Crippen molar-refractivity contribution >= 4 is 62.6 Å². The van der Waals surface area contributed by atoms with Gasteiger partial charge in [0.25, 0.3) is 0 Å². The van der Waals surface area contributed by atoms with E-state index in [2.05, 4.69) is 9.98 Å². The van der Waals surface area contributed by atoms with Crippen molar-refractivity contribution in [1.29, 1.82) is 10.8 Å². The molecule has 0 saturated carbocycles. The second kappa shape index (κ2) is 21.7. The van der Waals surface area contributed by atoms with Gasteiger partial charge >= 0.3 is 5.97 Å². The van der Waals surface area contributed by atoms with Gasteiger partial charge in [-0.15, -0.1) is 0 Å². The predicted molar refractivity (Wildman–Crippen MR) is 269 cm³/mol. The number of carboxylic acids is 1. The van der Waals surface area contributed by atoms with E-state index >= 15 is 8.78 Å². The third-order valence-corrected chi connectivity index (χ3v) is 12.9. The molecule has 4 heterocycles. The summed E-state index contributed by atoms with van der Waals surface area (Å²) < 4.78 is 61.6. The second-order valence-corrected chi connectivity index (χ2v) is 17.6. The number of nitrogens with one attached hydrogen (secondary N) is 2. The summed E-state index contributed by atoms with van der Waals surface area (Å²) in [6.45, 7) is 3.77. The average Bonchev–Trinajstić information content (AvgIpc) is 3.35. The number of hydrogen-bond donors (Lipinski definition) is 5. The van der Waals surface area contributed by atoms with Gasteiger partial charge in [-0.05, 0) is 92.1 Å². The van der Waals surface area contributed by atoms with Crippen LogP contribution in [-0.4, -0.2) is 112 Å². The molecule has 0 bridgehead atoms. The third-order valence-electron chi connectivity index (χ3n) is 12.9. The number of aromatic nitrogens is 2. The van der Waals surface area contributed by atoms with E-state index in [1.165, 1.54) is 59.2 Å². The molecule has 2 aliphatic rings. The Bertz CT molecular complexity index is 3160. The lowest BCUT2D eigenvalue weighted by atomic mass is 10.1. The molecule has 2 aliphatic heterocycles. The maximum Gasteiger partial charge on any atom is 0.341 e. The fourth-order valence-electron chi connectivity index (χ4n) is 9.07. The van der Waals surface area contributed by atoms with E-state index in [-0.39, 0.29) is 51.6 Å². The zero-order chi connectivity index (χ0) is 50.3. The lowest BCUT2D eigenvalue weighted by Gasteiger charge is -2.37. The molecule has 8 rings (SSSR count). The Kier molecular flexibility index (Phi) is 15.1. The number of unbranched alkanes of at least 4 members (excludes halogenated alkanes) is 4. The molecule has 7 N–H and O–H groups in total. The largest absolute Gasteiger partial charge is 0.477 e. The number of piperazine rings is 2. The maximum absolute atomic E-state index is 15.6. The number of fused-ring (bicyclic) bond motifs is 2. The normalized spacial score (nSPS) is 14.7. The Labute approximate surface area is 405 Å². The summed E-state index contributed by atoms with van der Waals surface area (Å²) in [5.74, 6) is -3.00. The van der Waals surface area contributed by atoms with Gasteiger partial charge in [-0.1, -0.05) is 19.3 Å². The van der Waals surface area contributed by atoms with Crippen molar-refractivity contribution in [2.45, 2.75) is 44.9 Å². The van der Waals surface area contributed by atoms with Gasteiger partial charge in [-0.2, -0.15) is 4.99 Å². The average molecular weight is 975 g/mol. The molecule has 71 heavy (non-hydrogen) atoms. The minimum absolute atomic E-state index is 0.0401. The molecule has 2 saturated heterocycles. The molecule has 0 aliphatic carbocycles. The van der Waals surface area contributed by atoms with Crippen LogP contribution in [-0.2, 0) is 0 Å². The molecule has 0 atom stereocenters. The van der Waals surface area contributed by atoms with Crippen LogP contribution in [0.15, 0.2) is 111 Å². The number of hydrogen-bond acceptors (Lipinski definition) is 8. The first-order chi connectivity index (χ1) is 34.1. The van der Waals surface area contributed by atoms with Gasteiger partial charge in [0.2, 0.25) is 11.4 Å². The molecule has 4 aromatic carbocycles. The first-order valence-corrected chi connectivity index (χ1v) is 23.4. The fraction of sp³-hybridized carbons (Fsp3) is 0.314. The Morgan fingerprint density at radius 3 is 1.76 bits per heavy atom. The molecule has 370 valence electrons. The zero-order valence-electron chi connectivity index (χ0n) is 38.9. The number of benzene rings is 4. The highest BCUT2D eigenvalue weighted by atomic mass is 19.1. The van der Waals surface area contributed by atoms with Crippen LogP contribution in [0, 0.1) is 34.1 Å². The molecule has 0 spiro atoms. The maximum atomic E-state index is 15.6. The number of anilines is 2. The molecular weight excluding hydrogens is 921 g/mol. The topological polar surface area (TPSA) is 219 Å². The van der Waals surface area contributed by atoms with Crippen LogP contribution in [0.5, 0.6) is 0 Å². The summed E-state index contributed by atoms with van der Waals surface area (Å²) in [7, 11) is 0. The first kappa shape index (κ1) is 49.4. The summed E-state index contributed by atoms with van der Waals surface area (Å²) in [5.41, 5.74) is 13.5. The van der Waals surface area contributed by atoms with Gasteiger partial charge in [-0.25, -0.2) is 22.4 Å². The van der Waals surface area contributed by atoms with E-state index in [0.717, 1.165) is 44.4 Å². The number of aromatic carboxylic acids is 1. The Hall–Kier alpha value is -8.03. The Morgan fingerprint density at radius 2 is 1.17 bits per heavy atom. The molecule has 0 radical (unpaired) electrons. The number of nitrogens with zero attached hydrogens (tertiary/aromatic N) is 8. The molecule has 2 aromatic heterocycles. The van der Waals surface area contributed by atoms with Gasteiger partial charge in [0.15, 0.2) is 11.4 Å². The van der Waals surface area contributed by atoms with Gasteiger partial charge < -0.3 is 50.7 Å². The summed E-state index contributed by atoms with van der Waals surface area (Å²) in [6.07, 6.45) is 7.94. The Balaban J connectivity index is 0.740. The molecule has 0 amide bonds. The number of halogens is 4. The lowest BCUT2D eigenvalue weighted by Crippen LogP contribution is -2.51. The van der Waals surface area contributed by atoms with E-state index in [9.17, 15) is 28.3 Å². The van der Waals surface area contributed by atoms with Crippen LogP contribution >= 0.6 is 0 Å². The first-order valence-electron chi connectivity index (χ1n) is 23.4. The highest BCUT2D eigenvalue weighted by molar-refractivity contribution is 6.01. The van der Waals surface area contributed by atoms with E-state index in [1.54, 1.807) is 38.8 Å². The molecule has 2 fully saturated rings. The quantitative estimate of drug-likeness (QED) is 0.0312. The van der Waals surface area contributed by atoms with Crippen LogP contribution in [0.4, 0.5) is 28.9 Å². The molecule has 0 unspecified atom stereocenters. The van der Waals surface area contributed by atoms with Crippen LogP contribution in [0.2, 0.25) is 0 Å². The van der Waals surface area contributed by atoms with Gasteiger partial charge in [-0.3, -0.25) is 20.0 Å². The highest BCUT2D eigenvalue weighted by Gasteiger charge is 2.26. The number of carbonyl (C=O) groups is 1. The molecule has 6 aromatic rings. The highest BCUT2D eigenvalue weighted by Crippen LogP contribution is 2.30. The van der Waals surface area contributed by atoms with Crippen molar-refractivity contribution in [2.75, 3.05) is 68.7 Å². The van der Waals surface area contributed by atoms with Crippen molar-refractivity contribution in [2.24, 2.45) is 21.5 Å². The SMILES string of the molecule is N=C(CCCCCCCN=C(N)N=C(N)N1CCN(c2cc3c(cc2F)c(=O)c(C(=O)O)cn3-c2ccc(F)cc2)CC1)CC(=N)N1CCN(c2cc3c(cc2F)c(=O)ccn3-c2ccc(F)cc2)CC1. The summed E-state index contributed by atoms with van der Waals surface area (Å²) in [6, 6.07) is 17.9. The lowest BCUT2D eigenvalue weighted by molar-refractivity contribution is 0.0695. The summed E-state index contributed by atoms with van der Waals surface area (Å²) in [5, 5.41) is 27.0. The monoisotopic (exact) mass is 974 g/mol. The van der Waals surface area contributed by atoms with Gasteiger partial charge in [0.1, 0.15) is 34.7 Å². The standard InChI is InChI=1S/C51H54F4N12O4/c52-32-7-11-35(12-8-32)66-17-15-46(68)37-27-40(54)44(29-42(37)66)62-18-22-64(23-19-62)47(57)26-34(56)6-4-2-1-3-5-16-60-50(58)61-51(59)65-24-20-63(21-25-65)45-30-43-38(28-41(45)55)48(69)39(49(70)71)31-67(43)36-13-9-33(53)10-14-36/h7-15,17,27-31,56-57H,1-6,16,18-26H2,(H,70,71)(H4,58,59,60,61). The number of guanidine groups is 2.